The molecule has 0 saturated carbocycles. The number of anilines is 1. The Bertz CT molecular complexity index is 578. The lowest BCUT2D eigenvalue weighted by molar-refractivity contribution is 0.930. The minimum Gasteiger partial charge on any atom is -0.397 e. The maximum Gasteiger partial charge on any atom is 0.128 e. The van der Waals surface area contributed by atoms with Crippen LogP contribution in [0.2, 0.25) is 0 Å². The molecular formula is C12H11BrN2S2. The average Bonchev–Trinajstić information content (AvgIpc) is 2.85. The van der Waals surface area contributed by atoms with Crippen LogP contribution >= 0.6 is 38.6 Å². The van der Waals surface area contributed by atoms with Crippen molar-refractivity contribution in [2.45, 2.75) is 19.8 Å². The Kier molecular flexibility index (Phi) is 3.87. The summed E-state index contributed by atoms with van der Waals surface area (Å²) in [6, 6.07) is 4.20. The van der Waals surface area contributed by atoms with Gasteiger partial charge >= 0.3 is 0 Å². The third kappa shape index (κ3) is 2.25. The molecule has 2 rings (SSSR count). The highest BCUT2D eigenvalue weighted by Crippen LogP contribution is 2.44. The zero-order valence-corrected chi connectivity index (χ0v) is 12.5. The molecule has 0 fully saturated rings. The molecule has 0 radical (unpaired) electrons. The van der Waals surface area contributed by atoms with Gasteiger partial charge in [-0.2, -0.15) is 5.26 Å². The van der Waals surface area contributed by atoms with Gasteiger partial charge in [0, 0.05) is 4.47 Å². The first-order valence-electron chi connectivity index (χ1n) is 5.23. The van der Waals surface area contributed by atoms with Gasteiger partial charge in [0.1, 0.15) is 10.9 Å². The normalized spacial score (nSPS) is 10.4. The number of nitrogen functional groups attached to an aromatic ring is 1. The van der Waals surface area contributed by atoms with Gasteiger partial charge in [-0.1, -0.05) is 13.3 Å². The highest BCUT2D eigenvalue weighted by molar-refractivity contribution is 9.10. The van der Waals surface area contributed by atoms with Crippen molar-refractivity contribution in [3.8, 4) is 15.8 Å². The predicted molar refractivity (Wildman–Crippen MR) is 78.5 cm³/mol. The summed E-state index contributed by atoms with van der Waals surface area (Å²) >= 11 is 6.70. The predicted octanol–water partition coefficient (Wildman–Crippen LogP) is 4.65. The van der Waals surface area contributed by atoms with Crippen LogP contribution in [0.5, 0.6) is 0 Å². The van der Waals surface area contributed by atoms with Crippen molar-refractivity contribution in [3.05, 3.63) is 26.4 Å². The van der Waals surface area contributed by atoms with Gasteiger partial charge in [0.2, 0.25) is 0 Å². The van der Waals surface area contributed by atoms with Crippen LogP contribution in [0.15, 0.2) is 15.9 Å². The number of nitrogens with two attached hydrogens (primary N) is 1. The Balaban J connectivity index is 2.61. The third-order valence-corrected chi connectivity index (χ3v) is 5.63. The molecule has 0 spiro atoms. The Labute approximate surface area is 117 Å². The number of halogens is 1. The number of nitrogens with zero attached hydrogens (tertiary/aromatic N) is 1. The molecule has 2 heterocycles. The molecule has 0 aliphatic rings. The minimum absolute atomic E-state index is 0.628. The van der Waals surface area contributed by atoms with E-state index in [2.05, 4.69) is 28.9 Å². The molecule has 88 valence electrons. The van der Waals surface area contributed by atoms with Crippen LogP contribution in [0.25, 0.3) is 9.75 Å². The first-order valence-corrected chi connectivity index (χ1v) is 7.72. The maximum atomic E-state index is 9.06. The van der Waals surface area contributed by atoms with E-state index >= 15 is 0 Å². The molecular weight excluding hydrogens is 316 g/mol. The molecule has 0 aliphatic carbocycles. The summed E-state index contributed by atoms with van der Waals surface area (Å²) in [5.74, 6) is 0. The second kappa shape index (κ2) is 5.21. The van der Waals surface area contributed by atoms with Gasteiger partial charge in [0.05, 0.1) is 15.4 Å². The summed E-state index contributed by atoms with van der Waals surface area (Å²) in [6.45, 7) is 2.12. The standard InChI is InChI=1S/C12H11BrN2S2/c1-2-3-7-10(15)9(6-14)17-11(7)12-8(13)4-5-16-12/h4-5H,2-3,15H2,1H3. The molecule has 0 aliphatic heterocycles. The lowest BCUT2D eigenvalue weighted by Gasteiger charge is -2.02. The topological polar surface area (TPSA) is 49.8 Å². The van der Waals surface area contributed by atoms with Crippen LogP contribution in [0.4, 0.5) is 5.69 Å². The van der Waals surface area contributed by atoms with E-state index in [1.807, 2.05) is 11.4 Å². The van der Waals surface area contributed by atoms with Gasteiger partial charge in [-0.05, 0) is 39.4 Å². The summed E-state index contributed by atoms with van der Waals surface area (Å²) in [5.41, 5.74) is 7.82. The van der Waals surface area contributed by atoms with Crippen LogP contribution in [-0.4, -0.2) is 0 Å². The van der Waals surface area contributed by atoms with E-state index in [4.69, 9.17) is 11.0 Å². The summed E-state index contributed by atoms with van der Waals surface area (Å²) in [6.07, 6.45) is 1.95. The first kappa shape index (κ1) is 12.6. The van der Waals surface area contributed by atoms with Crippen molar-refractivity contribution in [3.63, 3.8) is 0 Å². The van der Waals surface area contributed by atoms with Gasteiger partial charge in [0.25, 0.3) is 0 Å². The highest BCUT2D eigenvalue weighted by atomic mass is 79.9. The number of rotatable bonds is 3. The van der Waals surface area contributed by atoms with Crippen LogP contribution < -0.4 is 5.73 Å². The fourth-order valence-electron chi connectivity index (χ4n) is 1.70. The van der Waals surface area contributed by atoms with E-state index in [1.165, 1.54) is 16.2 Å². The number of nitriles is 1. The maximum absolute atomic E-state index is 9.06. The Morgan fingerprint density at radius 2 is 2.24 bits per heavy atom. The summed E-state index contributed by atoms with van der Waals surface area (Å²) < 4.78 is 1.07. The number of hydrogen-bond donors (Lipinski definition) is 1. The fourth-order valence-corrected chi connectivity index (χ4v) is 4.66. The van der Waals surface area contributed by atoms with Crippen LogP contribution in [0.3, 0.4) is 0 Å². The van der Waals surface area contributed by atoms with E-state index in [-0.39, 0.29) is 0 Å². The second-order valence-corrected chi connectivity index (χ2v) is 6.40. The number of thiophene rings is 2. The van der Waals surface area contributed by atoms with Crippen molar-refractivity contribution in [2.24, 2.45) is 0 Å². The number of hydrogen-bond acceptors (Lipinski definition) is 4. The molecule has 2 nitrogen and oxygen atoms in total. The van der Waals surface area contributed by atoms with Gasteiger partial charge in [0.15, 0.2) is 0 Å². The molecule has 0 atom stereocenters. The molecule has 0 aromatic carbocycles. The van der Waals surface area contributed by atoms with E-state index in [0.717, 1.165) is 27.8 Å². The van der Waals surface area contributed by atoms with Crippen molar-refractivity contribution >= 4 is 44.3 Å². The highest BCUT2D eigenvalue weighted by Gasteiger charge is 2.18. The molecule has 2 N–H and O–H groups in total. The first-order chi connectivity index (χ1) is 8.19. The van der Waals surface area contributed by atoms with Gasteiger partial charge < -0.3 is 5.73 Å². The largest absolute Gasteiger partial charge is 0.397 e. The van der Waals surface area contributed by atoms with Crippen LogP contribution in [0.1, 0.15) is 23.8 Å². The smallest absolute Gasteiger partial charge is 0.128 e. The third-order valence-electron chi connectivity index (χ3n) is 2.47. The van der Waals surface area contributed by atoms with Gasteiger partial charge in [-0.25, -0.2) is 0 Å². The molecule has 2 aromatic rings. The average molecular weight is 327 g/mol. The van der Waals surface area contributed by atoms with E-state index in [1.54, 1.807) is 11.3 Å². The molecule has 0 saturated heterocycles. The minimum atomic E-state index is 0.628. The Morgan fingerprint density at radius 3 is 2.76 bits per heavy atom. The van der Waals surface area contributed by atoms with E-state index in [0.29, 0.717) is 10.6 Å². The molecule has 0 bridgehead atoms. The lowest BCUT2D eigenvalue weighted by atomic mass is 10.1. The summed E-state index contributed by atoms with van der Waals surface area (Å²) in [4.78, 5) is 2.94. The van der Waals surface area contributed by atoms with Gasteiger partial charge in [-0.15, -0.1) is 22.7 Å². The van der Waals surface area contributed by atoms with Crippen LogP contribution in [0, 0.1) is 11.3 Å². The van der Waals surface area contributed by atoms with E-state index in [9.17, 15) is 0 Å². The summed E-state index contributed by atoms with van der Waals surface area (Å²) in [7, 11) is 0. The Hall–Kier alpha value is -0.830. The van der Waals surface area contributed by atoms with Crippen molar-refractivity contribution in [1.29, 1.82) is 5.26 Å². The molecule has 0 unspecified atom stereocenters. The molecule has 5 heteroatoms. The summed E-state index contributed by atoms with van der Waals surface area (Å²) in [5, 5.41) is 11.1. The second-order valence-electron chi connectivity index (χ2n) is 3.61. The van der Waals surface area contributed by atoms with Crippen LogP contribution in [-0.2, 0) is 6.42 Å². The van der Waals surface area contributed by atoms with Crippen molar-refractivity contribution < 1.29 is 0 Å². The molecule has 0 amide bonds. The van der Waals surface area contributed by atoms with Crippen molar-refractivity contribution in [2.75, 3.05) is 5.73 Å². The molecule has 17 heavy (non-hydrogen) atoms. The zero-order chi connectivity index (χ0) is 12.4. The fraction of sp³-hybridized carbons (Fsp3) is 0.250. The van der Waals surface area contributed by atoms with E-state index < -0.39 is 0 Å². The molecule has 2 aromatic heterocycles. The monoisotopic (exact) mass is 326 g/mol. The SMILES string of the molecule is CCCc1c(-c2sccc2Br)sc(C#N)c1N. The van der Waals surface area contributed by atoms with Crippen molar-refractivity contribution in [1.82, 2.24) is 0 Å². The Morgan fingerprint density at radius 1 is 1.47 bits per heavy atom. The quantitative estimate of drug-likeness (QED) is 0.892. The van der Waals surface area contributed by atoms with Gasteiger partial charge in [-0.3, -0.25) is 0 Å². The lowest BCUT2D eigenvalue weighted by Crippen LogP contribution is -1.92. The zero-order valence-electron chi connectivity index (χ0n) is 9.29.